The number of aromatic nitrogens is 3. The molecule has 2 aromatic heterocycles. The second kappa shape index (κ2) is 7.74. The number of ether oxygens (including phenoxy) is 1. The Morgan fingerprint density at radius 2 is 1.93 bits per heavy atom. The van der Waals surface area contributed by atoms with Crippen LogP contribution in [0.3, 0.4) is 0 Å². The Bertz CT molecular complexity index is 1000. The maximum Gasteiger partial charge on any atom is 0.161 e. The third-order valence-corrected chi connectivity index (χ3v) is 6.21. The molecule has 2 aliphatic rings. The Balaban J connectivity index is 1.44. The molecule has 1 fully saturated rings. The summed E-state index contributed by atoms with van der Waals surface area (Å²) in [6, 6.07) is 12.5. The van der Waals surface area contributed by atoms with Crippen molar-refractivity contribution in [3.05, 3.63) is 59.5 Å². The van der Waals surface area contributed by atoms with Gasteiger partial charge >= 0.3 is 0 Å². The lowest BCUT2D eigenvalue weighted by molar-refractivity contribution is 0.174. The van der Waals surface area contributed by atoms with Gasteiger partial charge in [0.1, 0.15) is 11.9 Å². The topological polar surface area (TPSA) is 88.9 Å². The molecule has 0 spiro atoms. The minimum atomic E-state index is 0.000693. The zero-order valence-electron chi connectivity index (χ0n) is 16.4. The normalized spacial score (nSPS) is 24.7. The Morgan fingerprint density at radius 1 is 1.07 bits per heavy atom. The maximum atomic E-state index is 9.37. The van der Waals surface area contributed by atoms with Gasteiger partial charge in [-0.1, -0.05) is 24.3 Å². The lowest BCUT2D eigenvalue weighted by Crippen LogP contribution is -2.27. The van der Waals surface area contributed by atoms with E-state index in [1.54, 1.807) is 0 Å². The van der Waals surface area contributed by atoms with Crippen molar-refractivity contribution in [2.75, 3.05) is 19.7 Å². The molecule has 3 aromatic rings. The molecular weight excluding hydrogens is 366 g/mol. The highest BCUT2D eigenvalue weighted by Gasteiger charge is 2.30. The zero-order valence-corrected chi connectivity index (χ0v) is 16.4. The number of aliphatic hydroxyl groups is 1. The molecule has 1 aliphatic heterocycles. The number of likely N-dealkylation sites (tertiary alicyclic amines) is 1. The molecule has 29 heavy (non-hydrogen) atoms. The van der Waals surface area contributed by atoms with Crippen molar-refractivity contribution in [3.63, 3.8) is 0 Å². The molecule has 1 saturated heterocycles. The van der Waals surface area contributed by atoms with E-state index in [1.807, 2.05) is 34.9 Å². The van der Waals surface area contributed by atoms with E-state index in [4.69, 9.17) is 10.5 Å². The molecule has 5 rings (SSSR count). The monoisotopic (exact) mass is 393 g/mol. The molecule has 7 heteroatoms. The quantitative estimate of drug-likeness (QED) is 0.693. The fourth-order valence-corrected chi connectivity index (χ4v) is 4.77. The van der Waals surface area contributed by atoms with Gasteiger partial charge in [0, 0.05) is 12.6 Å². The molecule has 3 heterocycles. The van der Waals surface area contributed by atoms with Gasteiger partial charge in [0.2, 0.25) is 0 Å². The second-order valence-corrected chi connectivity index (χ2v) is 7.99. The van der Waals surface area contributed by atoms with Crippen molar-refractivity contribution in [3.8, 4) is 5.75 Å². The summed E-state index contributed by atoms with van der Waals surface area (Å²) in [5, 5.41) is 18.2. The molecule has 0 amide bonds. The number of benzene rings is 1. The molecule has 1 aromatic carbocycles. The van der Waals surface area contributed by atoms with Gasteiger partial charge in [0.05, 0.1) is 18.8 Å². The number of rotatable bonds is 5. The SMILES string of the molecule is NC1CC[C@@H](Oc2ccc3nnc([C@@H]4CCCN4CCO)n3c2)c2ccccc21. The van der Waals surface area contributed by atoms with Gasteiger partial charge in [0.25, 0.3) is 0 Å². The number of hydrogen-bond donors (Lipinski definition) is 2. The van der Waals surface area contributed by atoms with E-state index in [0.29, 0.717) is 6.54 Å². The molecule has 0 radical (unpaired) electrons. The van der Waals surface area contributed by atoms with Crippen LogP contribution in [0, 0.1) is 0 Å². The summed E-state index contributed by atoms with van der Waals surface area (Å²) in [5.74, 6) is 1.72. The summed E-state index contributed by atoms with van der Waals surface area (Å²) in [6.07, 6.45) is 5.95. The maximum absolute atomic E-state index is 9.37. The first-order chi connectivity index (χ1) is 14.2. The summed E-state index contributed by atoms with van der Waals surface area (Å²) >= 11 is 0. The predicted molar refractivity (Wildman–Crippen MR) is 110 cm³/mol. The number of hydrogen-bond acceptors (Lipinski definition) is 6. The molecule has 1 aliphatic carbocycles. The Morgan fingerprint density at radius 3 is 2.79 bits per heavy atom. The highest BCUT2D eigenvalue weighted by atomic mass is 16.5. The van der Waals surface area contributed by atoms with Crippen LogP contribution in [0.2, 0.25) is 0 Å². The predicted octanol–water partition coefficient (Wildman–Crippen LogP) is 2.77. The number of pyridine rings is 1. The number of nitrogens with two attached hydrogens (primary N) is 1. The van der Waals surface area contributed by atoms with Gasteiger partial charge in [-0.05, 0) is 55.5 Å². The highest BCUT2D eigenvalue weighted by Crippen LogP contribution is 2.38. The Kier molecular flexibility index (Phi) is 4.95. The molecular formula is C22H27N5O2. The minimum absolute atomic E-state index is 0.000693. The molecule has 7 nitrogen and oxygen atoms in total. The summed E-state index contributed by atoms with van der Waals surface area (Å²) in [7, 11) is 0. The zero-order chi connectivity index (χ0) is 19.8. The van der Waals surface area contributed by atoms with Crippen LogP contribution in [0.4, 0.5) is 0 Å². The van der Waals surface area contributed by atoms with E-state index in [0.717, 1.165) is 49.4 Å². The lowest BCUT2D eigenvalue weighted by Gasteiger charge is -2.30. The van der Waals surface area contributed by atoms with E-state index < -0.39 is 0 Å². The first-order valence-corrected chi connectivity index (χ1v) is 10.5. The van der Waals surface area contributed by atoms with Crippen LogP contribution in [0.25, 0.3) is 5.65 Å². The van der Waals surface area contributed by atoms with Gasteiger partial charge in [-0.25, -0.2) is 0 Å². The minimum Gasteiger partial charge on any atom is -0.484 e. The first-order valence-electron chi connectivity index (χ1n) is 10.5. The number of fused-ring (bicyclic) bond motifs is 2. The first kappa shape index (κ1) is 18.5. The van der Waals surface area contributed by atoms with Crippen molar-refractivity contribution < 1.29 is 9.84 Å². The smallest absolute Gasteiger partial charge is 0.161 e. The fourth-order valence-electron chi connectivity index (χ4n) is 4.77. The number of β-amino-alcohol motifs (C(OH)–C–C–N with tert-alkyl or cyclic N) is 1. The molecule has 3 N–H and O–H groups in total. The van der Waals surface area contributed by atoms with Crippen LogP contribution in [0.5, 0.6) is 5.75 Å². The van der Waals surface area contributed by atoms with Gasteiger partial charge in [-0.15, -0.1) is 10.2 Å². The van der Waals surface area contributed by atoms with Crippen molar-refractivity contribution in [1.29, 1.82) is 0 Å². The summed E-state index contributed by atoms with van der Waals surface area (Å²) < 4.78 is 8.45. The lowest BCUT2D eigenvalue weighted by atomic mass is 9.86. The van der Waals surface area contributed by atoms with E-state index in [-0.39, 0.29) is 24.8 Å². The Labute approximate surface area is 170 Å². The van der Waals surface area contributed by atoms with Gasteiger partial charge in [0.15, 0.2) is 11.5 Å². The van der Waals surface area contributed by atoms with Gasteiger partial charge < -0.3 is 15.6 Å². The van der Waals surface area contributed by atoms with Crippen LogP contribution in [-0.2, 0) is 0 Å². The van der Waals surface area contributed by atoms with Crippen LogP contribution < -0.4 is 10.5 Å². The third kappa shape index (κ3) is 3.39. The summed E-state index contributed by atoms with van der Waals surface area (Å²) in [6.45, 7) is 1.80. The largest absolute Gasteiger partial charge is 0.484 e. The fraction of sp³-hybridized carbons (Fsp3) is 0.455. The number of nitrogens with zero attached hydrogens (tertiary/aromatic N) is 4. The van der Waals surface area contributed by atoms with Crippen molar-refractivity contribution in [1.82, 2.24) is 19.5 Å². The molecule has 0 bridgehead atoms. The van der Waals surface area contributed by atoms with Crippen LogP contribution in [0.1, 0.15) is 60.8 Å². The van der Waals surface area contributed by atoms with E-state index in [2.05, 4.69) is 27.2 Å². The summed E-state index contributed by atoms with van der Waals surface area (Å²) in [5.41, 5.74) is 9.47. The molecule has 3 atom stereocenters. The van der Waals surface area contributed by atoms with E-state index >= 15 is 0 Å². The average Bonchev–Trinajstić information content (AvgIpc) is 3.37. The standard InChI is InChI=1S/C22H27N5O2/c23-18-8-9-20(17-5-2-1-4-16(17)18)29-15-7-10-21-24-25-22(27(21)14-15)19-6-3-11-26(19)12-13-28/h1-2,4-5,7,10,14,18-20,28H,3,6,8-9,11-13,23H2/t18?,19-,20+/m0/s1. The van der Waals surface area contributed by atoms with Crippen molar-refractivity contribution >= 4 is 5.65 Å². The summed E-state index contributed by atoms with van der Waals surface area (Å²) in [4.78, 5) is 2.28. The Hall–Kier alpha value is -2.48. The van der Waals surface area contributed by atoms with Crippen LogP contribution in [-0.4, -0.2) is 44.3 Å². The van der Waals surface area contributed by atoms with Crippen LogP contribution >= 0.6 is 0 Å². The van der Waals surface area contributed by atoms with Crippen LogP contribution in [0.15, 0.2) is 42.6 Å². The molecule has 1 unspecified atom stereocenters. The average molecular weight is 393 g/mol. The van der Waals surface area contributed by atoms with Gasteiger partial charge in [-0.2, -0.15) is 0 Å². The third-order valence-electron chi connectivity index (χ3n) is 6.21. The molecule has 152 valence electrons. The highest BCUT2D eigenvalue weighted by molar-refractivity contribution is 5.42. The second-order valence-electron chi connectivity index (χ2n) is 7.99. The van der Waals surface area contributed by atoms with E-state index in [9.17, 15) is 5.11 Å². The van der Waals surface area contributed by atoms with Crippen molar-refractivity contribution in [2.24, 2.45) is 5.73 Å². The van der Waals surface area contributed by atoms with E-state index in [1.165, 1.54) is 11.1 Å². The molecule has 0 saturated carbocycles. The van der Waals surface area contributed by atoms with Gasteiger partial charge in [-0.3, -0.25) is 9.30 Å². The van der Waals surface area contributed by atoms with Crippen molar-refractivity contribution in [2.45, 2.75) is 43.9 Å². The number of aliphatic hydroxyl groups excluding tert-OH is 1.